The number of aryl methyl sites for hydroxylation is 1. The van der Waals surface area contributed by atoms with Crippen molar-refractivity contribution in [2.75, 3.05) is 58.2 Å². The van der Waals surface area contributed by atoms with E-state index in [0.717, 1.165) is 64.2 Å². The lowest BCUT2D eigenvalue weighted by molar-refractivity contribution is 0.113. The van der Waals surface area contributed by atoms with Gasteiger partial charge in [-0.15, -0.1) is 0 Å². The van der Waals surface area contributed by atoms with Crippen LogP contribution in [-0.4, -0.2) is 73.6 Å². The lowest BCUT2D eigenvalue weighted by Crippen LogP contribution is -2.48. The highest BCUT2D eigenvalue weighted by Crippen LogP contribution is 2.22. The number of urea groups is 1. The van der Waals surface area contributed by atoms with Crippen LogP contribution in [0.15, 0.2) is 18.2 Å². The average molecular weight is 348 g/mol. The number of piperidine rings is 1. The van der Waals surface area contributed by atoms with Crippen LogP contribution < -0.4 is 5.32 Å². The molecule has 1 N–H and O–H groups in total. The fourth-order valence-electron chi connectivity index (χ4n) is 3.69. The number of piperazine rings is 1. The number of anilines is 1. The van der Waals surface area contributed by atoms with E-state index in [2.05, 4.69) is 22.2 Å². The van der Waals surface area contributed by atoms with Crippen LogP contribution in [0, 0.1) is 18.7 Å². The Hall–Kier alpha value is -1.66. The molecule has 1 aromatic rings. The number of hydrogen-bond acceptors (Lipinski definition) is 3. The number of likely N-dealkylation sites (N-methyl/N-ethyl adjacent to an activating group) is 1. The number of nitrogens with zero attached hydrogens (tertiary/aromatic N) is 3. The molecule has 138 valence electrons. The van der Waals surface area contributed by atoms with E-state index in [1.54, 1.807) is 19.1 Å². The number of likely N-dealkylation sites (tertiary alicyclic amines) is 1. The predicted molar refractivity (Wildman–Crippen MR) is 98.4 cm³/mol. The molecule has 0 aromatic heterocycles. The SMILES string of the molecule is Cc1cccc(F)c1NC(=O)N1CCC(CN2CCN(C)CC2)CC1. The Kier molecular flexibility index (Phi) is 5.91. The van der Waals surface area contributed by atoms with Crippen LogP contribution >= 0.6 is 0 Å². The van der Waals surface area contributed by atoms with Crippen molar-refractivity contribution < 1.29 is 9.18 Å². The molecule has 0 radical (unpaired) electrons. The summed E-state index contributed by atoms with van der Waals surface area (Å²) in [5, 5.41) is 2.75. The van der Waals surface area contributed by atoms with Crippen molar-refractivity contribution in [3.8, 4) is 0 Å². The second-order valence-corrected chi connectivity index (χ2v) is 7.40. The Morgan fingerprint density at radius 1 is 1.16 bits per heavy atom. The number of rotatable bonds is 3. The Morgan fingerprint density at radius 2 is 1.84 bits per heavy atom. The van der Waals surface area contributed by atoms with E-state index >= 15 is 0 Å². The molecule has 2 fully saturated rings. The second-order valence-electron chi connectivity index (χ2n) is 7.40. The van der Waals surface area contributed by atoms with Crippen molar-refractivity contribution in [2.45, 2.75) is 19.8 Å². The van der Waals surface area contributed by atoms with E-state index < -0.39 is 0 Å². The third-order valence-electron chi connectivity index (χ3n) is 5.47. The number of amides is 2. The van der Waals surface area contributed by atoms with Crippen LogP contribution in [0.1, 0.15) is 18.4 Å². The van der Waals surface area contributed by atoms with E-state index in [-0.39, 0.29) is 11.8 Å². The van der Waals surface area contributed by atoms with E-state index in [1.165, 1.54) is 6.07 Å². The van der Waals surface area contributed by atoms with Crippen molar-refractivity contribution in [1.82, 2.24) is 14.7 Å². The van der Waals surface area contributed by atoms with Gasteiger partial charge >= 0.3 is 6.03 Å². The smallest absolute Gasteiger partial charge is 0.321 e. The van der Waals surface area contributed by atoms with Gasteiger partial charge in [-0.2, -0.15) is 0 Å². The maximum atomic E-state index is 13.9. The first-order valence-electron chi connectivity index (χ1n) is 9.25. The first-order valence-corrected chi connectivity index (χ1v) is 9.25. The number of benzene rings is 1. The van der Waals surface area contributed by atoms with Crippen molar-refractivity contribution >= 4 is 11.7 Å². The van der Waals surface area contributed by atoms with Gasteiger partial charge in [0.2, 0.25) is 0 Å². The summed E-state index contributed by atoms with van der Waals surface area (Å²) >= 11 is 0. The molecule has 0 atom stereocenters. The predicted octanol–water partition coefficient (Wildman–Crippen LogP) is 2.63. The quantitative estimate of drug-likeness (QED) is 0.913. The van der Waals surface area contributed by atoms with Gasteiger partial charge in [-0.25, -0.2) is 9.18 Å². The lowest BCUT2D eigenvalue weighted by Gasteiger charge is -2.38. The highest BCUT2D eigenvalue weighted by molar-refractivity contribution is 5.90. The molecule has 2 saturated heterocycles. The van der Waals surface area contributed by atoms with Gasteiger partial charge in [-0.1, -0.05) is 12.1 Å². The van der Waals surface area contributed by atoms with Crippen LogP contribution in [0.2, 0.25) is 0 Å². The third kappa shape index (κ3) is 4.70. The van der Waals surface area contributed by atoms with Crippen LogP contribution in [0.25, 0.3) is 0 Å². The summed E-state index contributed by atoms with van der Waals surface area (Å²) in [5.41, 5.74) is 1.05. The molecular weight excluding hydrogens is 319 g/mol. The van der Waals surface area contributed by atoms with Crippen molar-refractivity contribution in [1.29, 1.82) is 0 Å². The maximum absolute atomic E-state index is 13.9. The molecule has 2 heterocycles. The molecule has 2 amide bonds. The Morgan fingerprint density at radius 3 is 2.48 bits per heavy atom. The number of nitrogens with one attached hydrogen (secondary N) is 1. The zero-order valence-electron chi connectivity index (χ0n) is 15.3. The Balaban J connectivity index is 1.46. The van der Waals surface area contributed by atoms with Gasteiger partial charge < -0.3 is 20.0 Å². The molecule has 0 saturated carbocycles. The fraction of sp³-hybridized carbons (Fsp3) is 0.632. The molecule has 6 heteroatoms. The fourth-order valence-corrected chi connectivity index (χ4v) is 3.69. The topological polar surface area (TPSA) is 38.8 Å². The summed E-state index contributed by atoms with van der Waals surface area (Å²) in [4.78, 5) is 19.2. The Labute approximate surface area is 149 Å². The summed E-state index contributed by atoms with van der Waals surface area (Å²) in [6.45, 7) is 9.01. The lowest BCUT2D eigenvalue weighted by atomic mass is 9.96. The monoisotopic (exact) mass is 348 g/mol. The number of carbonyl (C=O) groups excluding carboxylic acids is 1. The van der Waals surface area contributed by atoms with Gasteiger partial charge in [0, 0.05) is 45.8 Å². The normalized spacial score (nSPS) is 20.7. The summed E-state index contributed by atoms with van der Waals surface area (Å²) in [6, 6.07) is 4.65. The molecule has 0 bridgehead atoms. The molecule has 25 heavy (non-hydrogen) atoms. The van der Waals surface area contributed by atoms with E-state index in [4.69, 9.17) is 0 Å². The van der Waals surface area contributed by atoms with E-state index in [1.807, 2.05) is 4.90 Å². The van der Waals surface area contributed by atoms with E-state index in [9.17, 15) is 9.18 Å². The van der Waals surface area contributed by atoms with Crippen molar-refractivity contribution in [3.63, 3.8) is 0 Å². The highest BCUT2D eigenvalue weighted by atomic mass is 19.1. The third-order valence-corrected chi connectivity index (χ3v) is 5.47. The molecular formula is C19H29FN4O. The summed E-state index contributed by atoms with van der Waals surface area (Å²) < 4.78 is 13.9. The van der Waals surface area contributed by atoms with Gasteiger partial charge in [0.25, 0.3) is 0 Å². The molecule has 5 nitrogen and oxygen atoms in total. The minimum absolute atomic E-state index is 0.189. The van der Waals surface area contributed by atoms with Gasteiger partial charge in [0.1, 0.15) is 5.82 Å². The first-order chi connectivity index (χ1) is 12.0. The minimum atomic E-state index is -0.377. The first kappa shape index (κ1) is 18.1. The highest BCUT2D eigenvalue weighted by Gasteiger charge is 2.26. The number of carbonyl (C=O) groups is 1. The zero-order valence-corrected chi connectivity index (χ0v) is 15.3. The summed E-state index contributed by atoms with van der Waals surface area (Å²) in [5.74, 6) is 0.279. The van der Waals surface area contributed by atoms with E-state index in [0.29, 0.717) is 11.6 Å². The maximum Gasteiger partial charge on any atom is 0.321 e. The number of hydrogen-bond donors (Lipinski definition) is 1. The molecule has 1 aromatic carbocycles. The van der Waals surface area contributed by atoms with Gasteiger partial charge in [0.05, 0.1) is 5.69 Å². The number of halogens is 1. The van der Waals surface area contributed by atoms with Gasteiger partial charge in [-0.05, 0) is 44.4 Å². The Bertz CT molecular complexity index is 573. The average Bonchev–Trinajstić information content (AvgIpc) is 2.61. The zero-order chi connectivity index (χ0) is 17.8. The minimum Gasteiger partial charge on any atom is -0.325 e. The van der Waals surface area contributed by atoms with Crippen molar-refractivity contribution in [2.24, 2.45) is 5.92 Å². The van der Waals surface area contributed by atoms with Crippen LogP contribution in [0.3, 0.4) is 0 Å². The van der Waals surface area contributed by atoms with Crippen LogP contribution in [-0.2, 0) is 0 Å². The van der Waals surface area contributed by atoms with Gasteiger partial charge in [0.15, 0.2) is 0 Å². The molecule has 0 spiro atoms. The van der Waals surface area contributed by atoms with Crippen molar-refractivity contribution in [3.05, 3.63) is 29.6 Å². The van der Waals surface area contributed by atoms with Crippen LogP contribution in [0.4, 0.5) is 14.9 Å². The molecule has 0 aliphatic carbocycles. The number of para-hydroxylation sites is 1. The molecule has 2 aliphatic heterocycles. The summed E-state index contributed by atoms with van der Waals surface area (Å²) in [6.07, 6.45) is 2.05. The summed E-state index contributed by atoms with van der Waals surface area (Å²) in [7, 11) is 2.17. The largest absolute Gasteiger partial charge is 0.325 e. The second kappa shape index (κ2) is 8.15. The standard InChI is InChI=1S/C19H29FN4O/c1-15-4-3-5-17(20)18(15)21-19(25)24-8-6-16(7-9-24)14-23-12-10-22(2)11-13-23/h3-5,16H,6-14H2,1-2H3,(H,21,25). The molecule has 2 aliphatic rings. The molecule has 0 unspecified atom stereocenters. The van der Waals surface area contributed by atoms with Gasteiger partial charge in [-0.3, -0.25) is 0 Å². The van der Waals surface area contributed by atoms with Crippen LogP contribution in [0.5, 0.6) is 0 Å². The molecule has 3 rings (SSSR count).